The van der Waals surface area contributed by atoms with Crippen molar-refractivity contribution in [3.63, 3.8) is 0 Å². The highest BCUT2D eigenvalue weighted by Gasteiger charge is 2.22. The number of nitrogens with one attached hydrogen (secondary N) is 2. The Morgan fingerprint density at radius 3 is 2.24 bits per heavy atom. The number of carbonyl (C=O) groups is 3. The summed E-state index contributed by atoms with van der Waals surface area (Å²) in [6.45, 7) is 1.77. The van der Waals surface area contributed by atoms with Gasteiger partial charge in [0.2, 0.25) is 0 Å². The summed E-state index contributed by atoms with van der Waals surface area (Å²) in [5, 5.41) is 5.35. The van der Waals surface area contributed by atoms with Gasteiger partial charge in [-0.05, 0) is 30.7 Å². The van der Waals surface area contributed by atoms with E-state index in [1.54, 1.807) is 55.5 Å². The normalized spacial score (nSPS) is 11.3. The van der Waals surface area contributed by atoms with E-state index >= 15 is 0 Å². The molecule has 2 aromatic carbocycles. The van der Waals surface area contributed by atoms with Crippen molar-refractivity contribution < 1.29 is 19.1 Å². The van der Waals surface area contributed by atoms with E-state index in [1.807, 2.05) is 6.07 Å². The van der Waals surface area contributed by atoms with Gasteiger partial charge in [-0.25, -0.2) is 4.79 Å². The molecule has 0 bridgehead atoms. The van der Waals surface area contributed by atoms with Crippen molar-refractivity contribution in [2.75, 3.05) is 12.4 Å². The Hall–Kier alpha value is -3.15. The quantitative estimate of drug-likeness (QED) is 0.792. The van der Waals surface area contributed by atoms with Gasteiger partial charge in [0.15, 0.2) is 0 Å². The first-order chi connectivity index (χ1) is 12.1. The van der Waals surface area contributed by atoms with E-state index in [4.69, 9.17) is 0 Å². The van der Waals surface area contributed by atoms with Gasteiger partial charge in [-0.1, -0.05) is 37.3 Å². The maximum absolute atomic E-state index is 12.5. The molecule has 2 amide bonds. The topological polar surface area (TPSA) is 84.5 Å². The number of anilines is 1. The monoisotopic (exact) mass is 340 g/mol. The van der Waals surface area contributed by atoms with Crippen LogP contribution in [0.25, 0.3) is 0 Å². The molecule has 0 aliphatic heterocycles. The van der Waals surface area contributed by atoms with Crippen molar-refractivity contribution in [2.45, 2.75) is 19.4 Å². The Bertz CT molecular complexity index is 759. The van der Waals surface area contributed by atoms with E-state index in [9.17, 15) is 14.4 Å². The molecule has 0 fully saturated rings. The molecular weight excluding hydrogens is 320 g/mol. The van der Waals surface area contributed by atoms with Crippen LogP contribution in [0.3, 0.4) is 0 Å². The van der Waals surface area contributed by atoms with Gasteiger partial charge in [0.05, 0.1) is 18.4 Å². The van der Waals surface area contributed by atoms with Gasteiger partial charge in [0.25, 0.3) is 11.8 Å². The minimum atomic E-state index is -0.740. The van der Waals surface area contributed by atoms with Crippen LogP contribution in [-0.4, -0.2) is 30.9 Å². The van der Waals surface area contributed by atoms with Gasteiger partial charge >= 0.3 is 5.97 Å². The molecule has 6 heteroatoms. The molecule has 2 rings (SSSR count). The molecule has 0 spiro atoms. The fourth-order valence-corrected chi connectivity index (χ4v) is 2.28. The van der Waals surface area contributed by atoms with Crippen LogP contribution in [0.15, 0.2) is 54.6 Å². The maximum Gasteiger partial charge on any atom is 0.328 e. The first-order valence-corrected chi connectivity index (χ1v) is 7.91. The molecule has 6 nitrogen and oxygen atoms in total. The van der Waals surface area contributed by atoms with E-state index < -0.39 is 17.9 Å². The van der Waals surface area contributed by atoms with E-state index in [0.29, 0.717) is 17.7 Å². The number of hydrogen-bond acceptors (Lipinski definition) is 4. The lowest BCUT2D eigenvalue weighted by atomic mass is 10.1. The number of para-hydroxylation sites is 1. The standard InChI is InChI=1S/C19H20N2O4/c1-3-15(19(24)25-2)20-18(23)14-11-7-8-12-16(14)21-17(22)13-9-5-4-6-10-13/h4-12,15H,3H2,1-2H3,(H,20,23)(H,21,22)/t15-/m0/s1. The highest BCUT2D eigenvalue weighted by atomic mass is 16.5. The van der Waals surface area contributed by atoms with Crippen molar-refractivity contribution in [1.29, 1.82) is 0 Å². The summed E-state index contributed by atoms with van der Waals surface area (Å²) in [6.07, 6.45) is 0.400. The number of ether oxygens (including phenoxy) is 1. The third-order valence-corrected chi connectivity index (χ3v) is 3.66. The molecular formula is C19H20N2O4. The number of amides is 2. The van der Waals surface area contributed by atoms with Crippen LogP contribution in [-0.2, 0) is 9.53 Å². The third-order valence-electron chi connectivity index (χ3n) is 3.66. The molecule has 0 saturated carbocycles. The second-order valence-corrected chi connectivity index (χ2v) is 5.32. The zero-order valence-corrected chi connectivity index (χ0v) is 14.1. The predicted octanol–water partition coefficient (Wildman–Crippen LogP) is 2.62. The SMILES string of the molecule is CC[C@H](NC(=O)c1ccccc1NC(=O)c1ccccc1)C(=O)OC. The molecule has 0 aliphatic carbocycles. The fourth-order valence-electron chi connectivity index (χ4n) is 2.28. The molecule has 25 heavy (non-hydrogen) atoms. The summed E-state index contributed by atoms with van der Waals surface area (Å²) in [5.74, 6) is -1.29. The van der Waals surface area contributed by atoms with E-state index in [2.05, 4.69) is 15.4 Å². The molecule has 1 atom stereocenters. The van der Waals surface area contributed by atoms with E-state index in [1.165, 1.54) is 7.11 Å². The third kappa shape index (κ3) is 4.67. The summed E-state index contributed by atoms with van der Waals surface area (Å²) in [6, 6.07) is 14.6. The zero-order chi connectivity index (χ0) is 18.2. The van der Waals surface area contributed by atoms with Crippen molar-refractivity contribution in [3.05, 3.63) is 65.7 Å². The first-order valence-electron chi connectivity index (χ1n) is 7.91. The summed E-state index contributed by atoms with van der Waals surface area (Å²) in [7, 11) is 1.27. The van der Waals surface area contributed by atoms with Crippen LogP contribution in [0.2, 0.25) is 0 Å². The summed E-state index contributed by atoms with van der Waals surface area (Å²) in [4.78, 5) is 36.5. The number of benzene rings is 2. The zero-order valence-electron chi connectivity index (χ0n) is 14.1. The Morgan fingerprint density at radius 2 is 1.60 bits per heavy atom. The Morgan fingerprint density at radius 1 is 0.960 bits per heavy atom. The molecule has 0 aliphatic rings. The molecule has 0 unspecified atom stereocenters. The number of methoxy groups -OCH3 is 1. The minimum absolute atomic E-state index is 0.272. The Labute approximate surface area is 146 Å². The van der Waals surface area contributed by atoms with E-state index in [0.717, 1.165) is 0 Å². The molecule has 0 saturated heterocycles. The van der Waals surface area contributed by atoms with Gasteiger partial charge < -0.3 is 15.4 Å². The number of hydrogen-bond donors (Lipinski definition) is 2. The number of carbonyl (C=O) groups excluding carboxylic acids is 3. The Kier molecular flexibility index (Phi) is 6.28. The first kappa shape index (κ1) is 18.2. The molecule has 2 N–H and O–H groups in total. The highest BCUT2D eigenvalue weighted by Crippen LogP contribution is 2.17. The lowest BCUT2D eigenvalue weighted by Gasteiger charge is -2.16. The van der Waals surface area contributed by atoms with Crippen LogP contribution >= 0.6 is 0 Å². The van der Waals surface area contributed by atoms with Crippen LogP contribution in [0, 0.1) is 0 Å². The molecule has 0 aromatic heterocycles. The highest BCUT2D eigenvalue weighted by molar-refractivity contribution is 6.09. The van der Waals surface area contributed by atoms with Crippen molar-refractivity contribution in [2.24, 2.45) is 0 Å². The minimum Gasteiger partial charge on any atom is -0.467 e. The van der Waals surface area contributed by atoms with Crippen molar-refractivity contribution in [1.82, 2.24) is 5.32 Å². The average Bonchev–Trinajstić information content (AvgIpc) is 2.66. The number of rotatable bonds is 6. The van der Waals surface area contributed by atoms with Gasteiger partial charge in [-0.2, -0.15) is 0 Å². The maximum atomic E-state index is 12.5. The lowest BCUT2D eigenvalue weighted by Crippen LogP contribution is -2.41. The number of esters is 1. The van der Waals surface area contributed by atoms with Gasteiger partial charge in [-0.15, -0.1) is 0 Å². The van der Waals surface area contributed by atoms with Crippen LogP contribution < -0.4 is 10.6 Å². The molecule has 0 radical (unpaired) electrons. The summed E-state index contributed by atoms with van der Waals surface area (Å²) in [5.41, 5.74) is 1.13. The lowest BCUT2D eigenvalue weighted by molar-refractivity contribution is -0.142. The second kappa shape index (κ2) is 8.63. The summed E-state index contributed by atoms with van der Waals surface area (Å²) < 4.78 is 4.67. The molecule has 2 aromatic rings. The second-order valence-electron chi connectivity index (χ2n) is 5.32. The van der Waals surface area contributed by atoms with Crippen LogP contribution in [0.5, 0.6) is 0 Å². The summed E-state index contributed by atoms with van der Waals surface area (Å²) >= 11 is 0. The smallest absolute Gasteiger partial charge is 0.328 e. The van der Waals surface area contributed by atoms with E-state index in [-0.39, 0.29) is 11.5 Å². The molecule has 0 heterocycles. The largest absolute Gasteiger partial charge is 0.467 e. The van der Waals surface area contributed by atoms with Gasteiger partial charge in [-0.3, -0.25) is 9.59 Å². The van der Waals surface area contributed by atoms with Crippen LogP contribution in [0.1, 0.15) is 34.1 Å². The van der Waals surface area contributed by atoms with Crippen molar-refractivity contribution in [3.8, 4) is 0 Å². The van der Waals surface area contributed by atoms with Gasteiger partial charge in [0.1, 0.15) is 6.04 Å². The van der Waals surface area contributed by atoms with Crippen LogP contribution in [0.4, 0.5) is 5.69 Å². The Balaban J connectivity index is 2.18. The average molecular weight is 340 g/mol. The van der Waals surface area contributed by atoms with Crippen molar-refractivity contribution >= 4 is 23.5 Å². The van der Waals surface area contributed by atoms with Gasteiger partial charge in [0, 0.05) is 5.56 Å². The fraction of sp³-hybridized carbons (Fsp3) is 0.211. The predicted molar refractivity (Wildman–Crippen MR) is 94.4 cm³/mol. The molecule has 130 valence electrons.